The number of rotatable bonds is 8. The van der Waals surface area contributed by atoms with Crippen LogP contribution in [0.15, 0.2) is 53.4 Å². The molecule has 1 aliphatic heterocycles. The molecule has 1 aliphatic rings. The third-order valence-electron chi connectivity index (χ3n) is 5.75. The Morgan fingerprint density at radius 2 is 1.68 bits per heavy atom. The van der Waals surface area contributed by atoms with Crippen molar-refractivity contribution in [3.05, 3.63) is 59.7 Å². The lowest BCUT2D eigenvalue weighted by molar-refractivity contribution is 0.281. The third-order valence-corrected chi connectivity index (χ3v) is 9.91. The number of ether oxygens (including phenoxy) is 1. The van der Waals surface area contributed by atoms with Gasteiger partial charge in [0.25, 0.3) is 0 Å². The van der Waals surface area contributed by atoms with Crippen LogP contribution in [0.3, 0.4) is 0 Å². The average molecular weight is 467 g/mol. The maximum absolute atomic E-state index is 13.2. The van der Waals surface area contributed by atoms with Crippen LogP contribution in [0.1, 0.15) is 17.2 Å². The molecule has 2 aromatic carbocycles. The number of benzene rings is 2. The molecule has 31 heavy (non-hydrogen) atoms. The van der Waals surface area contributed by atoms with Gasteiger partial charge in [0.1, 0.15) is 5.75 Å². The summed E-state index contributed by atoms with van der Waals surface area (Å²) in [6.45, 7) is 2.29. The van der Waals surface area contributed by atoms with Crippen molar-refractivity contribution in [3.63, 3.8) is 0 Å². The summed E-state index contributed by atoms with van der Waals surface area (Å²) in [5, 5.41) is 2.24. The van der Waals surface area contributed by atoms with Gasteiger partial charge in [0.05, 0.1) is 28.8 Å². The Morgan fingerprint density at radius 3 is 2.23 bits per heavy atom. The van der Waals surface area contributed by atoms with Crippen molar-refractivity contribution in [1.29, 1.82) is 0 Å². The second-order valence-electron chi connectivity index (χ2n) is 8.24. The quantitative estimate of drug-likeness (QED) is 0.634. The van der Waals surface area contributed by atoms with Crippen molar-refractivity contribution in [2.45, 2.75) is 29.2 Å². The molecular formula is C22H30N2O5S2. The summed E-state index contributed by atoms with van der Waals surface area (Å²) >= 11 is 0. The van der Waals surface area contributed by atoms with Gasteiger partial charge in [-0.2, -0.15) is 0 Å². The van der Waals surface area contributed by atoms with E-state index in [-0.39, 0.29) is 22.4 Å². The van der Waals surface area contributed by atoms with E-state index in [1.165, 1.54) is 0 Å². The summed E-state index contributed by atoms with van der Waals surface area (Å²) in [6.07, 6.45) is 0. The number of hydrogen-bond acceptors (Lipinski definition) is 7. The van der Waals surface area contributed by atoms with Crippen LogP contribution in [0, 0.1) is 6.92 Å². The van der Waals surface area contributed by atoms with E-state index in [1.807, 2.05) is 50.2 Å². The Hall–Kier alpha value is -1.94. The highest BCUT2D eigenvalue weighted by Crippen LogP contribution is 2.27. The highest BCUT2D eigenvalue weighted by Gasteiger charge is 2.45. The minimum atomic E-state index is -3.79. The first kappa shape index (κ1) is 23.7. The number of nitrogens with one attached hydrogen (secondary N) is 1. The van der Waals surface area contributed by atoms with E-state index < -0.39 is 31.0 Å². The van der Waals surface area contributed by atoms with Gasteiger partial charge in [-0.1, -0.05) is 29.8 Å². The molecule has 0 radical (unpaired) electrons. The van der Waals surface area contributed by atoms with E-state index in [4.69, 9.17) is 4.74 Å². The summed E-state index contributed by atoms with van der Waals surface area (Å²) in [5.74, 6) is 0.196. The van der Waals surface area contributed by atoms with Gasteiger partial charge in [-0.3, -0.25) is 0 Å². The molecule has 1 saturated heterocycles. The van der Waals surface area contributed by atoms with Gasteiger partial charge >= 0.3 is 0 Å². The molecule has 170 valence electrons. The van der Waals surface area contributed by atoms with Crippen LogP contribution in [0.4, 0.5) is 0 Å². The molecule has 7 nitrogen and oxygen atoms in total. The Morgan fingerprint density at radius 1 is 1.06 bits per heavy atom. The molecule has 0 aliphatic carbocycles. The monoisotopic (exact) mass is 466 g/mol. The van der Waals surface area contributed by atoms with E-state index in [2.05, 4.69) is 5.32 Å². The fourth-order valence-electron chi connectivity index (χ4n) is 3.90. The number of aryl methyl sites for hydroxylation is 1. The van der Waals surface area contributed by atoms with Crippen LogP contribution in [-0.2, 0) is 19.7 Å². The zero-order valence-electron chi connectivity index (χ0n) is 18.3. The lowest BCUT2D eigenvalue weighted by Crippen LogP contribution is -2.46. The van der Waals surface area contributed by atoms with E-state index in [9.17, 15) is 16.8 Å². The van der Waals surface area contributed by atoms with Crippen LogP contribution in [0.5, 0.6) is 5.75 Å². The molecule has 0 saturated carbocycles. The average Bonchev–Trinajstić information content (AvgIpc) is 3.04. The van der Waals surface area contributed by atoms with Crippen molar-refractivity contribution in [2.75, 3.05) is 39.3 Å². The number of likely N-dealkylation sites (N-methyl/N-ethyl adjacent to an activating group) is 1. The molecule has 0 spiro atoms. The predicted octanol–water partition coefficient (Wildman–Crippen LogP) is 1.84. The smallest absolute Gasteiger partial charge is 0.183 e. The molecule has 1 heterocycles. The van der Waals surface area contributed by atoms with E-state index in [1.54, 1.807) is 31.4 Å². The molecule has 2 aromatic rings. The molecule has 1 fully saturated rings. The van der Waals surface area contributed by atoms with E-state index in [0.29, 0.717) is 6.54 Å². The third kappa shape index (κ3) is 5.46. The van der Waals surface area contributed by atoms with Crippen molar-refractivity contribution in [1.82, 2.24) is 10.2 Å². The molecule has 1 N–H and O–H groups in total. The lowest BCUT2D eigenvalue weighted by Gasteiger charge is -2.28. The standard InChI is InChI=1S/C22H30N2O5S2/c1-16-5-11-19(12-6-16)31(27,28)22-15-30(25,26)14-20(22)23-13-21(24(2)3)17-7-9-18(29-4)10-8-17/h5-12,20-23H,13-15H2,1-4H3/t20-,21?,22-/m0/s1. The zero-order valence-corrected chi connectivity index (χ0v) is 19.9. The van der Waals surface area contributed by atoms with Crippen LogP contribution in [-0.4, -0.2) is 72.3 Å². The number of methoxy groups -OCH3 is 1. The second kappa shape index (κ2) is 9.28. The van der Waals surface area contributed by atoms with Crippen molar-refractivity contribution in [2.24, 2.45) is 0 Å². The number of hydrogen-bond donors (Lipinski definition) is 1. The van der Waals surface area contributed by atoms with Crippen molar-refractivity contribution < 1.29 is 21.6 Å². The topological polar surface area (TPSA) is 92.8 Å². The first-order valence-corrected chi connectivity index (χ1v) is 13.4. The molecular weight excluding hydrogens is 436 g/mol. The highest BCUT2D eigenvalue weighted by atomic mass is 32.2. The van der Waals surface area contributed by atoms with E-state index >= 15 is 0 Å². The fourth-order valence-corrected chi connectivity index (χ4v) is 8.62. The molecule has 1 unspecified atom stereocenters. The van der Waals surface area contributed by atoms with Gasteiger partial charge in [0, 0.05) is 18.6 Å². The van der Waals surface area contributed by atoms with Crippen molar-refractivity contribution >= 4 is 19.7 Å². The molecule has 0 amide bonds. The van der Waals surface area contributed by atoms with Crippen LogP contribution in [0.25, 0.3) is 0 Å². The minimum Gasteiger partial charge on any atom is -0.497 e. The normalized spacial score (nSPS) is 21.8. The van der Waals surface area contributed by atoms with Crippen LogP contribution < -0.4 is 10.1 Å². The van der Waals surface area contributed by atoms with Gasteiger partial charge in [-0.05, 0) is 50.8 Å². The summed E-state index contributed by atoms with van der Waals surface area (Å²) < 4.78 is 56.4. The predicted molar refractivity (Wildman–Crippen MR) is 122 cm³/mol. The number of nitrogens with zero attached hydrogens (tertiary/aromatic N) is 1. The SMILES string of the molecule is COc1ccc(C(CN[C@H]2CS(=O)(=O)C[C@@H]2S(=O)(=O)c2ccc(C)cc2)N(C)C)cc1. The Kier molecular flexibility index (Phi) is 7.10. The maximum atomic E-state index is 13.2. The summed E-state index contributed by atoms with van der Waals surface area (Å²) in [5.41, 5.74) is 1.97. The molecule has 0 bridgehead atoms. The molecule has 3 atom stereocenters. The Balaban J connectivity index is 1.82. The van der Waals surface area contributed by atoms with Gasteiger partial charge in [0.15, 0.2) is 19.7 Å². The second-order valence-corrected chi connectivity index (χ2v) is 12.6. The van der Waals surface area contributed by atoms with Gasteiger partial charge in [-0.15, -0.1) is 0 Å². The number of sulfone groups is 2. The van der Waals surface area contributed by atoms with Gasteiger partial charge in [0.2, 0.25) is 0 Å². The van der Waals surface area contributed by atoms with Crippen LogP contribution >= 0.6 is 0 Å². The Bertz CT molecular complexity index is 1100. The lowest BCUT2D eigenvalue weighted by atomic mass is 10.1. The fraction of sp³-hybridized carbons (Fsp3) is 0.455. The van der Waals surface area contributed by atoms with Crippen molar-refractivity contribution in [3.8, 4) is 5.75 Å². The largest absolute Gasteiger partial charge is 0.497 e. The molecule has 9 heteroatoms. The first-order chi connectivity index (χ1) is 14.5. The summed E-state index contributed by atoms with van der Waals surface area (Å²) in [6, 6.07) is 13.5. The van der Waals surface area contributed by atoms with Crippen LogP contribution in [0.2, 0.25) is 0 Å². The molecule has 3 rings (SSSR count). The minimum absolute atomic E-state index is 0.0584. The Labute approximate surface area is 185 Å². The zero-order chi connectivity index (χ0) is 22.8. The van der Waals surface area contributed by atoms with E-state index in [0.717, 1.165) is 16.9 Å². The summed E-state index contributed by atoms with van der Waals surface area (Å²) in [4.78, 5) is 2.17. The molecule has 0 aromatic heterocycles. The first-order valence-electron chi connectivity index (χ1n) is 10.1. The maximum Gasteiger partial charge on any atom is 0.183 e. The van der Waals surface area contributed by atoms with Gasteiger partial charge < -0.3 is 15.0 Å². The summed E-state index contributed by atoms with van der Waals surface area (Å²) in [7, 11) is -1.77. The highest BCUT2D eigenvalue weighted by molar-refractivity contribution is 7.96. The van der Waals surface area contributed by atoms with Gasteiger partial charge in [-0.25, -0.2) is 16.8 Å².